The molecule has 2 aliphatic rings. The molecule has 4 aromatic rings. The van der Waals surface area contributed by atoms with E-state index in [1.807, 2.05) is 97.6 Å². The molecule has 7 atom stereocenters. The summed E-state index contributed by atoms with van der Waals surface area (Å²) in [5.41, 5.74) is 8.86. The van der Waals surface area contributed by atoms with Crippen LogP contribution in [0.4, 0.5) is 0 Å². The Morgan fingerprint density at radius 3 is 1.52 bits per heavy atom. The van der Waals surface area contributed by atoms with Crippen LogP contribution in [0.3, 0.4) is 0 Å². The molecule has 2 saturated heterocycles. The van der Waals surface area contributed by atoms with Gasteiger partial charge in [0, 0.05) is 37.1 Å². The van der Waals surface area contributed by atoms with Gasteiger partial charge >= 0.3 is 0 Å². The van der Waals surface area contributed by atoms with Crippen molar-refractivity contribution < 1.29 is 24.3 Å². The Labute approximate surface area is 420 Å². The SMILES string of the molecule is Cc1ncsc1-c1ccc(C(C)NC(=O)[C@H]2C[C@H](C)CN2C(=O)[C@H](NC(C)(C)C)C(C)(C)C)cc1.Cc1ncsc1-c1ccc(CNC(=O)[C@H]2C[C@H](O)CN2C(=O)[C@H](NC(C)(C)C)C(C)(C)C)cc1. The molecule has 0 radical (unpaired) electrons. The van der Waals surface area contributed by atoms with Crippen molar-refractivity contribution in [3.05, 3.63) is 82.1 Å². The van der Waals surface area contributed by atoms with Crippen molar-refractivity contribution in [1.82, 2.24) is 41.0 Å². The third-order valence-corrected chi connectivity index (χ3v) is 14.5. The molecule has 2 aliphatic heterocycles. The topological polar surface area (TPSA) is 169 Å². The summed E-state index contributed by atoms with van der Waals surface area (Å²) < 4.78 is 0. The van der Waals surface area contributed by atoms with Crippen LogP contribution in [0.5, 0.6) is 0 Å². The van der Waals surface area contributed by atoms with E-state index < -0.39 is 24.2 Å². The van der Waals surface area contributed by atoms with Crippen LogP contribution in [0.1, 0.15) is 138 Å². The number of carbonyl (C=O) groups is 4. The quantitative estimate of drug-likeness (QED) is 0.0932. The summed E-state index contributed by atoms with van der Waals surface area (Å²) in [6, 6.07) is 14.2. The van der Waals surface area contributed by atoms with Crippen LogP contribution < -0.4 is 21.3 Å². The maximum atomic E-state index is 13.7. The first kappa shape index (κ1) is 55.4. The highest BCUT2D eigenvalue weighted by Crippen LogP contribution is 2.33. The second kappa shape index (κ2) is 22.3. The molecule has 0 spiro atoms. The summed E-state index contributed by atoms with van der Waals surface area (Å²) >= 11 is 3.24. The zero-order valence-electron chi connectivity index (χ0n) is 44.0. The van der Waals surface area contributed by atoms with Gasteiger partial charge in [-0.3, -0.25) is 19.2 Å². The molecule has 15 heteroatoms. The van der Waals surface area contributed by atoms with Crippen LogP contribution in [0, 0.1) is 30.6 Å². The average Bonchev–Trinajstić information content (AvgIpc) is 4.07. The average molecular weight is 985 g/mol. The number of hydrogen-bond acceptors (Lipinski definition) is 11. The van der Waals surface area contributed by atoms with Crippen molar-refractivity contribution in [2.24, 2.45) is 16.7 Å². The fourth-order valence-electron chi connectivity index (χ4n) is 8.89. The van der Waals surface area contributed by atoms with E-state index in [1.165, 1.54) is 4.88 Å². The number of rotatable bonds is 12. The normalized spacial score (nSPS) is 20.2. The minimum atomic E-state index is -0.711. The third kappa shape index (κ3) is 15.0. The van der Waals surface area contributed by atoms with Crippen molar-refractivity contribution in [2.75, 3.05) is 13.1 Å². The number of aryl methyl sites for hydroxylation is 2. The maximum Gasteiger partial charge on any atom is 0.243 e. The van der Waals surface area contributed by atoms with Gasteiger partial charge in [-0.15, -0.1) is 22.7 Å². The summed E-state index contributed by atoms with van der Waals surface area (Å²) in [5, 5.41) is 23.4. The summed E-state index contributed by atoms with van der Waals surface area (Å²) in [5.74, 6) is -0.184. The largest absolute Gasteiger partial charge is 0.391 e. The molecule has 0 saturated carbocycles. The van der Waals surface area contributed by atoms with Gasteiger partial charge in [0.25, 0.3) is 0 Å². The second-order valence-electron chi connectivity index (χ2n) is 23.4. The zero-order valence-corrected chi connectivity index (χ0v) is 45.7. The van der Waals surface area contributed by atoms with Crippen LogP contribution in [-0.4, -0.2) is 103 Å². The summed E-state index contributed by atoms with van der Waals surface area (Å²) in [4.78, 5) is 68.1. The Morgan fingerprint density at radius 2 is 1.10 bits per heavy atom. The Bertz CT molecular complexity index is 2370. The summed E-state index contributed by atoms with van der Waals surface area (Å²) in [6.07, 6.45) is 0.213. The van der Waals surface area contributed by atoms with Gasteiger partial charge in [-0.2, -0.15) is 0 Å². The van der Waals surface area contributed by atoms with E-state index in [1.54, 1.807) is 32.5 Å². The summed E-state index contributed by atoms with van der Waals surface area (Å²) in [7, 11) is 0. The Balaban J connectivity index is 0.000000258. The van der Waals surface area contributed by atoms with E-state index in [2.05, 4.69) is 104 Å². The molecule has 69 heavy (non-hydrogen) atoms. The molecule has 4 amide bonds. The van der Waals surface area contributed by atoms with E-state index in [9.17, 15) is 24.3 Å². The third-order valence-electron chi connectivity index (χ3n) is 12.5. The number of aromatic nitrogens is 2. The lowest BCUT2D eigenvalue weighted by Crippen LogP contribution is -2.60. The minimum absolute atomic E-state index is 0.00820. The van der Waals surface area contributed by atoms with E-state index in [-0.39, 0.29) is 76.5 Å². The van der Waals surface area contributed by atoms with Crippen molar-refractivity contribution in [3.63, 3.8) is 0 Å². The predicted octanol–water partition coefficient (Wildman–Crippen LogP) is 8.83. The zero-order chi connectivity index (χ0) is 51.4. The van der Waals surface area contributed by atoms with E-state index in [0.29, 0.717) is 19.5 Å². The highest BCUT2D eigenvalue weighted by Gasteiger charge is 2.46. The van der Waals surface area contributed by atoms with Gasteiger partial charge < -0.3 is 36.2 Å². The molecule has 378 valence electrons. The van der Waals surface area contributed by atoms with Gasteiger partial charge in [0.05, 0.1) is 56.4 Å². The number of nitrogens with one attached hydrogen (secondary N) is 4. The van der Waals surface area contributed by atoms with Crippen molar-refractivity contribution in [1.29, 1.82) is 0 Å². The van der Waals surface area contributed by atoms with Crippen LogP contribution >= 0.6 is 22.7 Å². The summed E-state index contributed by atoms with van der Waals surface area (Å²) in [6.45, 7) is 33.7. The van der Waals surface area contributed by atoms with Crippen LogP contribution in [0.25, 0.3) is 20.9 Å². The first-order valence-electron chi connectivity index (χ1n) is 24.4. The lowest BCUT2D eigenvalue weighted by atomic mass is 9.84. The first-order valence-corrected chi connectivity index (χ1v) is 26.1. The molecule has 13 nitrogen and oxygen atoms in total. The first-order chi connectivity index (χ1) is 31.9. The highest BCUT2D eigenvalue weighted by molar-refractivity contribution is 7.13. The molecule has 4 heterocycles. The van der Waals surface area contributed by atoms with Gasteiger partial charge in [-0.25, -0.2) is 9.97 Å². The maximum absolute atomic E-state index is 13.7. The van der Waals surface area contributed by atoms with Crippen molar-refractivity contribution in [2.45, 2.75) is 178 Å². The number of thiazole rings is 2. The lowest BCUT2D eigenvalue weighted by molar-refractivity contribution is -0.143. The van der Waals surface area contributed by atoms with Crippen LogP contribution in [0.15, 0.2) is 59.6 Å². The van der Waals surface area contributed by atoms with Gasteiger partial charge in [0.15, 0.2) is 0 Å². The Kier molecular flexibility index (Phi) is 17.9. The number of amides is 4. The van der Waals surface area contributed by atoms with E-state index in [0.717, 1.165) is 38.5 Å². The number of likely N-dealkylation sites (tertiary alicyclic amines) is 2. The molecule has 2 fully saturated rings. The smallest absolute Gasteiger partial charge is 0.243 e. The van der Waals surface area contributed by atoms with Crippen LogP contribution in [0.2, 0.25) is 0 Å². The number of aliphatic hydroxyl groups excluding tert-OH is 1. The number of nitrogens with zero attached hydrogens (tertiary/aromatic N) is 4. The highest BCUT2D eigenvalue weighted by atomic mass is 32.1. The Morgan fingerprint density at radius 1 is 0.667 bits per heavy atom. The molecular formula is C54H80N8O5S2. The molecular weight excluding hydrogens is 905 g/mol. The van der Waals surface area contributed by atoms with Gasteiger partial charge in [0.1, 0.15) is 12.1 Å². The number of aliphatic hydroxyl groups is 1. The monoisotopic (exact) mass is 985 g/mol. The second-order valence-corrected chi connectivity index (χ2v) is 25.1. The number of hydrogen-bond donors (Lipinski definition) is 5. The van der Waals surface area contributed by atoms with Gasteiger partial charge in [-0.05, 0) is 108 Å². The number of β-amino-alcohol motifs (C(OH)–C–C–N with tert-alkyl or cyclic N) is 1. The predicted molar refractivity (Wildman–Crippen MR) is 281 cm³/mol. The minimum Gasteiger partial charge on any atom is -0.391 e. The Hall–Kier alpha value is -4.54. The van der Waals surface area contributed by atoms with Crippen molar-refractivity contribution >= 4 is 46.3 Å². The number of benzene rings is 2. The lowest BCUT2D eigenvalue weighted by Gasteiger charge is -2.39. The molecule has 1 unspecified atom stereocenters. The molecule has 2 aromatic heterocycles. The van der Waals surface area contributed by atoms with Crippen LogP contribution in [-0.2, 0) is 25.7 Å². The van der Waals surface area contributed by atoms with Gasteiger partial charge in [0.2, 0.25) is 23.6 Å². The fraction of sp³-hybridized carbons (Fsp3) is 0.593. The van der Waals surface area contributed by atoms with Gasteiger partial charge in [-0.1, -0.05) is 97.0 Å². The fourth-order valence-corrected chi connectivity index (χ4v) is 10.5. The molecule has 6 rings (SSSR count). The standard InChI is InChI=1S/C28H42N4O2S.C26H38N4O3S/c1-17-14-22(32(15-17)26(34)24(27(4,5)6)31-28(7,8)9)25(33)30-18(2)20-10-12-21(13-11-20)23-19(3)29-16-35-23;1-16-21(34-15-28-16)18-10-8-17(9-11-18)13-27-23(32)20-12-19(31)14-30(20)24(33)22(25(2,3)4)29-26(5,6)7/h10-13,16-18,22,24,31H,14-15H2,1-9H3,(H,30,33);8-11,15,19-20,22,29,31H,12-14H2,1-7H3,(H,27,32)/t17-,18?,22+,24-;19-,20+,22-/m00/s1. The molecule has 0 aliphatic carbocycles. The number of carbonyl (C=O) groups excluding carboxylic acids is 4. The molecule has 2 aromatic carbocycles. The van der Waals surface area contributed by atoms with E-state index in [4.69, 9.17) is 0 Å². The molecule has 0 bridgehead atoms. The van der Waals surface area contributed by atoms with Crippen molar-refractivity contribution in [3.8, 4) is 20.9 Å². The molecule has 5 N–H and O–H groups in total. The van der Waals surface area contributed by atoms with E-state index >= 15 is 0 Å².